The number of nitrogens with one attached hydrogen (secondary N) is 2. The number of alkyl carbamates (subject to hydrolysis) is 1. The van der Waals surface area contributed by atoms with E-state index in [1.54, 1.807) is 0 Å². The van der Waals surface area contributed by atoms with Gasteiger partial charge in [-0.2, -0.15) is 0 Å². The molecule has 2 unspecified atom stereocenters. The summed E-state index contributed by atoms with van der Waals surface area (Å²) in [5, 5.41) is 5.82. The molecule has 2 atom stereocenters. The van der Waals surface area contributed by atoms with E-state index in [-0.39, 0.29) is 18.1 Å². The van der Waals surface area contributed by atoms with Gasteiger partial charge in [0.05, 0.1) is 6.10 Å². The van der Waals surface area contributed by atoms with Crippen LogP contribution >= 0.6 is 0 Å². The normalized spacial score (nSPS) is 22.5. The number of rotatable bonds is 7. The molecule has 6 heteroatoms. The van der Waals surface area contributed by atoms with Crippen LogP contribution in [0.25, 0.3) is 0 Å². The van der Waals surface area contributed by atoms with Gasteiger partial charge in [0, 0.05) is 25.6 Å². The first-order chi connectivity index (χ1) is 10.8. The molecule has 6 nitrogen and oxygen atoms in total. The minimum absolute atomic E-state index is 0.000449. The lowest BCUT2D eigenvalue weighted by Gasteiger charge is -2.22. The number of ether oxygens (including phenoxy) is 2. The van der Waals surface area contributed by atoms with Gasteiger partial charge < -0.3 is 20.1 Å². The molecule has 2 aliphatic rings. The molecular formula is C17H30N2O4. The first-order valence-corrected chi connectivity index (χ1v) is 8.71. The molecule has 2 N–H and O–H groups in total. The third-order valence-electron chi connectivity index (χ3n) is 4.12. The summed E-state index contributed by atoms with van der Waals surface area (Å²) in [5.74, 6) is 0.514. The lowest BCUT2D eigenvalue weighted by molar-refractivity contribution is -0.122. The van der Waals surface area contributed by atoms with Crippen molar-refractivity contribution in [2.24, 2.45) is 5.92 Å². The van der Waals surface area contributed by atoms with Crippen LogP contribution in [0.5, 0.6) is 0 Å². The smallest absolute Gasteiger partial charge is 0.407 e. The average molecular weight is 326 g/mol. The van der Waals surface area contributed by atoms with E-state index in [2.05, 4.69) is 10.6 Å². The minimum Gasteiger partial charge on any atom is -0.444 e. The summed E-state index contributed by atoms with van der Waals surface area (Å²) in [6.07, 6.45) is 5.43. The molecule has 1 saturated carbocycles. The summed E-state index contributed by atoms with van der Waals surface area (Å²) >= 11 is 0. The number of carbonyl (C=O) groups excluding carboxylic acids is 2. The van der Waals surface area contributed by atoms with E-state index in [0.717, 1.165) is 38.7 Å². The first kappa shape index (κ1) is 18.0. The van der Waals surface area contributed by atoms with Crippen LogP contribution in [-0.2, 0) is 14.3 Å². The van der Waals surface area contributed by atoms with Gasteiger partial charge in [-0.1, -0.05) is 0 Å². The fourth-order valence-corrected chi connectivity index (χ4v) is 2.78. The van der Waals surface area contributed by atoms with Gasteiger partial charge in [0.25, 0.3) is 0 Å². The summed E-state index contributed by atoms with van der Waals surface area (Å²) in [6.45, 7) is 6.73. The van der Waals surface area contributed by atoms with Crippen molar-refractivity contribution in [3.8, 4) is 0 Å². The molecule has 23 heavy (non-hydrogen) atoms. The second-order valence-electron chi connectivity index (χ2n) is 7.57. The molecule has 1 heterocycles. The summed E-state index contributed by atoms with van der Waals surface area (Å²) in [6, 6.07) is -0.000449. The Morgan fingerprint density at radius 3 is 2.57 bits per heavy atom. The first-order valence-electron chi connectivity index (χ1n) is 8.71. The Kier molecular flexibility index (Phi) is 6.27. The maximum atomic E-state index is 12.1. The third-order valence-corrected chi connectivity index (χ3v) is 4.12. The fourth-order valence-electron chi connectivity index (χ4n) is 2.78. The maximum absolute atomic E-state index is 12.1. The maximum Gasteiger partial charge on any atom is 0.407 e. The van der Waals surface area contributed by atoms with Crippen molar-refractivity contribution in [2.45, 2.75) is 77.0 Å². The van der Waals surface area contributed by atoms with Gasteiger partial charge in [-0.25, -0.2) is 4.79 Å². The molecule has 2 fully saturated rings. The molecule has 2 amide bonds. The zero-order valence-electron chi connectivity index (χ0n) is 14.5. The molecular weight excluding hydrogens is 296 g/mol. The quantitative estimate of drug-likeness (QED) is 0.753. The van der Waals surface area contributed by atoms with Gasteiger partial charge >= 0.3 is 6.09 Å². The number of carbonyl (C=O) groups is 2. The minimum atomic E-state index is -0.510. The lowest BCUT2D eigenvalue weighted by atomic mass is 10.1. The molecule has 1 saturated heterocycles. The monoisotopic (exact) mass is 326 g/mol. The highest BCUT2D eigenvalue weighted by molar-refractivity contribution is 5.76. The highest BCUT2D eigenvalue weighted by atomic mass is 16.6. The van der Waals surface area contributed by atoms with E-state index in [9.17, 15) is 9.59 Å². The van der Waals surface area contributed by atoms with Gasteiger partial charge in [0.15, 0.2) is 0 Å². The predicted octanol–water partition coefficient (Wildman–Crippen LogP) is 2.37. The number of amides is 2. The zero-order valence-corrected chi connectivity index (χ0v) is 14.5. The van der Waals surface area contributed by atoms with Crippen LogP contribution in [0, 0.1) is 5.92 Å². The van der Waals surface area contributed by atoms with Crippen molar-refractivity contribution in [3.05, 3.63) is 0 Å². The van der Waals surface area contributed by atoms with E-state index in [1.165, 1.54) is 0 Å². The van der Waals surface area contributed by atoms with E-state index < -0.39 is 11.7 Å². The Balaban J connectivity index is 1.68. The van der Waals surface area contributed by atoms with Crippen molar-refractivity contribution < 1.29 is 19.1 Å². The van der Waals surface area contributed by atoms with Crippen LogP contribution in [0.4, 0.5) is 4.79 Å². The molecule has 0 aromatic rings. The van der Waals surface area contributed by atoms with Crippen LogP contribution in [0.1, 0.15) is 59.3 Å². The molecule has 0 radical (unpaired) electrons. The van der Waals surface area contributed by atoms with Crippen molar-refractivity contribution in [1.29, 1.82) is 0 Å². The van der Waals surface area contributed by atoms with Gasteiger partial charge in [0.2, 0.25) is 5.91 Å². The van der Waals surface area contributed by atoms with Gasteiger partial charge in [-0.3, -0.25) is 4.79 Å². The van der Waals surface area contributed by atoms with Crippen LogP contribution in [-0.4, -0.2) is 42.9 Å². The van der Waals surface area contributed by atoms with Crippen LogP contribution < -0.4 is 10.6 Å². The topological polar surface area (TPSA) is 76.7 Å². The Labute approximate surface area is 138 Å². The Hall–Kier alpha value is -1.30. The van der Waals surface area contributed by atoms with E-state index in [4.69, 9.17) is 9.47 Å². The van der Waals surface area contributed by atoms with Gasteiger partial charge in [0.1, 0.15) is 5.60 Å². The molecule has 1 aliphatic carbocycles. The largest absolute Gasteiger partial charge is 0.444 e. The summed E-state index contributed by atoms with van der Waals surface area (Å²) in [5.41, 5.74) is -0.510. The fraction of sp³-hybridized carbons (Fsp3) is 0.882. The molecule has 0 bridgehead atoms. The standard InChI is InChI=1S/C17H30N2O4/c1-17(2,3)23-16(21)18-11-14(12-6-7-12)19-15(20)9-8-13-5-4-10-22-13/h12-14H,4-11H2,1-3H3,(H,18,21)(H,19,20). The third kappa shape index (κ3) is 7.20. The summed E-state index contributed by atoms with van der Waals surface area (Å²) < 4.78 is 10.8. The molecule has 0 spiro atoms. The molecule has 132 valence electrons. The molecule has 0 aromatic heterocycles. The highest BCUT2D eigenvalue weighted by Crippen LogP contribution is 2.32. The Morgan fingerprint density at radius 2 is 2.00 bits per heavy atom. The Bertz CT molecular complexity index is 409. The number of hydrogen-bond donors (Lipinski definition) is 2. The zero-order chi connectivity index (χ0) is 16.9. The van der Waals surface area contributed by atoms with E-state index in [1.807, 2.05) is 20.8 Å². The van der Waals surface area contributed by atoms with E-state index in [0.29, 0.717) is 18.9 Å². The second-order valence-corrected chi connectivity index (χ2v) is 7.57. The van der Waals surface area contributed by atoms with E-state index >= 15 is 0 Å². The van der Waals surface area contributed by atoms with Crippen LogP contribution in [0.15, 0.2) is 0 Å². The van der Waals surface area contributed by atoms with Crippen molar-refractivity contribution in [3.63, 3.8) is 0 Å². The molecule has 0 aromatic carbocycles. The predicted molar refractivity (Wildman–Crippen MR) is 87.1 cm³/mol. The number of hydrogen-bond acceptors (Lipinski definition) is 4. The summed E-state index contributed by atoms with van der Waals surface area (Å²) in [7, 11) is 0. The summed E-state index contributed by atoms with van der Waals surface area (Å²) in [4.78, 5) is 23.8. The van der Waals surface area contributed by atoms with Gasteiger partial charge in [-0.15, -0.1) is 0 Å². The molecule has 2 rings (SSSR count). The van der Waals surface area contributed by atoms with Crippen LogP contribution in [0.2, 0.25) is 0 Å². The van der Waals surface area contributed by atoms with Crippen molar-refractivity contribution >= 4 is 12.0 Å². The van der Waals surface area contributed by atoms with Crippen LogP contribution in [0.3, 0.4) is 0 Å². The highest BCUT2D eigenvalue weighted by Gasteiger charge is 2.33. The average Bonchev–Trinajstić information content (AvgIpc) is 3.15. The second kappa shape index (κ2) is 7.99. The van der Waals surface area contributed by atoms with Crippen molar-refractivity contribution in [2.75, 3.05) is 13.2 Å². The Morgan fingerprint density at radius 1 is 1.26 bits per heavy atom. The SMILES string of the molecule is CC(C)(C)OC(=O)NCC(NC(=O)CCC1CCCO1)C1CC1. The lowest BCUT2D eigenvalue weighted by Crippen LogP contribution is -2.46. The van der Waals surface area contributed by atoms with Crippen molar-refractivity contribution in [1.82, 2.24) is 10.6 Å². The molecule has 1 aliphatic heterocycles. The van der Waals surface area contributed by atoms with Gasteiger partial charge in [-0.05, 0) is 58.8 Å².